The first-order chi connectivity index (χ1) is 7.40. The first-order valence-electron chi connectivity index (χ1n) is 5.51. The maximum Gasteiger partial charge on any atom is 0.115 e. The molecule has 0 aliphatic heterocycles. The topological polar surface area (TPSA) is 50.4 Å². The molecule has 0 unspecified atom stereocenters. The Kier molecular flexibility index (Phi) is 4.07. The number of hydrazine groups is 1. The van der Waals surface area contributed by atoms with Gasteiger partial charge in [0.05, 0.1) is 5.54 Å². The van der Waals surface area contributed by atoms with Gasteiger partial charge in [-0.25, -0.2) is 5.84 Å². The van der Waals surface area contributed by atoms with Crippen molar-refractivity contribution in [3.05, 3.63) is 35.4 Å². The number of nitrogens with zero attached hydrogens (tertiary/aromatic N) is 1. The van der Waals surface area contributed by atoms with Crippen LogP contribution in [0.25, 0.3) is 0 Å². The monoisotopic (exact) mass is 219 g/mol. The van der Waals surface area contributed by atoms with Crippen molar-refractivity contribution in [1.29, 1.82) is 0 Å². The minimum absolute atomic E-state index is 0.105. The molecule has 0 atom stereocenters. The Balaban J connectivity index is 2.78. The lowest BCUT2D eigenvalue weighted by atomic mass is 10.1. The Labute approximate surface area is 97.7 Å². The maximum atomic E-state index is 5.48. The lowest BCUT2D eigenvalue weighted by Gasteiger charge is -2.15. The lowest BCUT2D eigenvalue weighted by Crippen LogP contribution is -2.34. The Morgan fingerprint density at radius 1 is 1.25 bits per heavy atom. The molecule has 16 heavy (non-hydrogen) atoms. The minimum atomic E-state index is -0.105. The van der Waals surface area contributed by atoms with Crippen molar-refractivity contribution >= 4 is 5.84 Å². The number of hydrogen-bond acceptors (Lipinski definition) is 2. The fraction of sp³-hybridized carbons (Fsp3) is 0.462. The maximum absolute atomic E-state index is 5.48. The van der Waals surface area contributed by atoms with Crippen LogP contribution in [-0.2, 0) is 6.42 Å². The van der Waals surface area contributed by atoms with Gasteiger partial charge in [-0.15, -0.1) is 0 Å². The van der Waals surface area contributed by atoms with Crippen LogP contribution in [0.15, 0.2) is 29.3 Å². The van der Waals surface area contributed by atoms with E-state index in [4.69, 9.17) is 5.84 Å². The first kappa shape index (κ1) is 12.7. The van der Waals surface area contributed by atoms with Gasteiger partial charge in [0.1, 0.15) is 5.84 Å². The number of amidine groups is 1. The van der Waals surface area contributed by atoms with E-state index in [0.717, 1.165) is 12.3 Å². The van der Waals surface area contributed by atoms with Crippen LogP contribution < -0.4 is 11.3 Å². The third-order valence-electron chi connectivity index (χ3n) is 2.13. The van der Waals surface area contributed by atoms with Gasteiger partial charge in [0.15, 0.2) is 0 Å². The summed E-state index contributed by atoms with van der Waals surface area (Å²) in [4.78, 5) is 4.53. The van der Waals surface area contributed by atoms with Gasteiger partial charge in [-0.1, -0.05) is 29.8 Å². The smallest absolute Gasteiger partial charge is 0.115 e. The van der Waals surface area contributed by atoms with Crippen LogP contribution in [0.2, 0.25) is 0 Å². The number of benzene rings is 1. The molecule has 3 nitrogen and oxygen atoms in total. The highest BCUT2D eigenvalue weighted by Gasteiger charge is 2.09. The highest BCUT2D eigenvalue weighted by molar-refractivity contribution is 5.84. The van der Waals surface area contributed by atoms with Gasteiger partial charge in [-0.05, 0) is 33.3 Å². The summed E-state index contributed by atoms with van der Waals surface area (Å²) in [5.41, 5.74) is 5.04. The van der Waals surface area contributed by atoms with Crippen molar-refractivity contribution in [2.45, 2.75) is 39.7 Å². The van der Waals surface area contributed by atoms with Crippen LogP contribution >= 0.6 is 0 Å². The van der Waals surface area contributed by atoms with Gasteiger partial charge >= 0.3 is 0 Å². The molecule has 3 heteroatoms. The summed E-state index contributed by atoms with van der Waals surface area (Å²) < 4.78 is 0. The van der Waals surface area contributed by atoms with E-state index in [2.05, 4.69) is 62.4 Å². The molecule has 3 N–H and O–H groups in total. The molecule has 0 bridgehead atoms. The number of aryl methyl sites for hydroxylation is 1. The third-order valence-corrected chi connectivity index (χ3v) is 2.13. The van der Waals surface area contributed by atoms with Crippen LogP contribution in [0.3, 0.4) is 0 Å². The fourth-order valence-electron chi connectivity index (χ4n) is 1.43. The molecule has 0 saturated carbocycles. The van der Waals surface area contributed by atoms with Gasteiger partial charge in [0.2, 0.25) is 0 Å². The van der Waals surface area contributed by atoms with Crippen LogP contribution in [0.1, 0.15) is 31.9 Å². The van der Waals surface area contributed by atoms with Crippen molar-refractivity contribution < 1.29 is 0 Å². The highest BCUT2D eigenvalue weighted by atomic mass is 15.3. The normalized spacial score (nSPS) is 12.7. The summed E-state index contributed by atoms with van der Waals surface area (Å²) in [6, 6.07) is 8.40. The second-order valence-electron chi connectivity index (χ2n) is 5.04. The van der Waals surface area contributed by atoms with Crippen molar-refractivity contribution in [2.24, 2.45) is 10.8 Å². The summed E-state index contributed by atoms with van der Waals surface area (Å²) in [6.07, 6.45) is 0.744. The van der Waals surface area contributed by atoms with Gasteiger partial charge < -0.3 is 5.43 Å². The first-order valence-corrected chi connectivity index (χ1v) is 5.51. The molecule has 0 heterocycles. The second kappa shape index (κ2) is 5.12. The molecular weight excluding hydrogens is 198 g/mol. The summed E-state index contributed by atoms with van der Waals surface area (Å²) in [7, 11) is 0. The fourth-order valence-corrected chi connectivity index (χ4v) is 1.43. The Bertz CT molecular complexity index is 358. The minimum Gasteiger partial charge on any atom is -0.312 e. The molecule has 1 aromatic carbocycles. The number of nitrogens with one attached hydrogen (secondary N) is 1. The van der Waals surface area contributed by atoms with Crippen molar-refractivity contribution in [2.75, 3.05) is 0 Å². The number of nitrogens with two attached hydrogens (primary N) is 1. The summed E-state index contributed by atoms with van der Waals surface area (Å²) in [5, 5.41) is 0. The van der Waals surface area contributed by atoms with E-state index < -0.39 is 0 Å². The van der Waals surface area contributed by atoms with E-state index in [1.165, 1.54) is 11.1 Å². The van der Waals surface area contributed by atoms with Crippen molar-refractivity contribution in [3.63, 3.8) is 0 Å². The van der Waals surface area contributed by atoms with Crippen molar-refractivity contribution in [3.8, 4) is 0 Å². The largest absolute Gasteiger partial charge is 0.312 e. The van der Waals surface area contributed by atoms with Gasteiger partial charge in [0, 0.05) is 6.42 Å². The molecule has 88 valence electrons. The van der Waals surface area contributed by atoms with Crippen molar-refractivity contribution in [1.82, 2.24) is 5.43 Å². The van der Waals surface area contributed by atoms with E-state index in [0.29, 0.717) is 0 Å². The quantitative estimate of drug-likeness (QED) is 0.347. The lowest BCUT2D eigenvalue weighted by molar-refractivity contribution is 0.578. The molecule has 0 fully saturated rings. The van der Waals surface area contributed by atoms with Crippen LogP contribution in [0.5, 0.6) is 0 Å². The molecule has 0 aromatic heterocycles. The second-order valence-corrected chi connectivity index (χ2v) is 5.04. The third kappa shape index (κ3) is 4.45. The predicted molar refractivity (Wildman–Crippen MR) is 69.4 cm³/mol. The number of rotatable bonds is 2. The summed E-state index contributed by atoms with van der Waals surface area (Å²) in [5.74, 6) is 6.29. The van der Waals surface area contributed by atoms with E-state index >= 15 is 0 Å². The zero-order valence-electron chi connectivity index (χ0n) is 10.5. The SMILES string of the molecule is Cc1ccc(CC(=NC(C)(C)C)NN)cc1. The standard InChI is InChI=1S/C13H21N3/c1-10-5-7-11(8-6-10)9-12(16-14)15-13(2,3)4/h5-8H,9,14H2,1-4H3,(H,15,16). The van der Waals surface area contributed by atoms with Crippen LogP contribution in [0.4, 0.5) is 0 Å². The van der Waals surface area contributed by atoms with E-state index in [1.54, 1.807) is 0 Å². The van der Waals surface area contributed by atoms with Gasteiger partial charge in [-0.3, -0.25) is 4.99 Å². The summed E-state index contributed by atoms with van der Waals surface area (Å²) in [6.45, 7) is 8.24. The molecule has 1 aromatic rings. The highest BCUT2D eigenvalue weighted by Crippen LogP contribution is 2.09. The summed E-state index contributed by atoms with van der Waals surface area (Å²) >= 11 is 0. The average Bonchev–Trinajstić information content (AvgIpc) is 2.18. The number of hydrogen-bond donors (Lipinski definition) is 2. The van der Waals surface area contributed by atoms with Crippen LogP contribution in [-0.4, -0.2) is 11.4 Å². The molecule has 0 saturated heterocycles. The Hall–Kier alpha value is -1.35. The average molecular weight is 219 g/mol. The molecule has 0 spiro atoms. The van der Waals surface area contributed by atoms with E-state index in [9.17, 15) is 0 Å². The van der Waals surface area contributed by atoms with Crippen LogP contribution in [0, 0.1) is 6.92 Å². The van der Waals surface area contributed by atoms with E-state index in [-0.39, 0.29) is 5.54 Å². The number of aliphatic imine (C=N–C) groups is 1. The zero-order valence-corrected chi connectivity index (χ0v) is 10.5. The predicted octanol–water partition coefficient (Wildman–Crippen LogP) is 2.20. The molecule has 0 aliphatic rings. The van der Waals surface area contributed by atoms with E-state index in [1.807, 2.05) is 0 Å². The Morgan fingerprint density at radius 3 is 2.25 bits per heavy atom. The van der Waals surface area contributed by atoms with Gasteiger partial charge in [0.25, 0.3) is 0 Å². The zero-order chi connectivity index (χ0) is 12.2. The Morgan fingerprint density at radius 2 is 1.81 bits per heavy atom. The molecule has 0 radical (unpaired) electrons. The molecular formula is C13H21N3. The molecule has 1 rings (SSSR count). The molecule has 0 amide bonds. The molecule has 0 aliphatic carbocycles. The van der Waals surface area contributed by atoms with Gasteiger partial charge in [-0.2, -0.15) is 0 Å².